The molecule has 1 aromatic carbocycles. The Hall–Kier alpha value is -2.90. The highest BCUT2D eigenvalue weighted by Crippen LogP contribution is 2.20. The Bertz CT molecular complexity index is 750. The Balaban J connectivity index is 1.60. The van der Waals surface area contributed by atoms with Gasteiger partial charge in [0.05, 0.1) is 11.8 Å². The van der Waals surface area contributed by atoms with Crippen molar-refractivity contribution in [2.75, 3.05) is 11.9 Å². The number of carboxylic acids is 1. The lowest BCUT2D eigenvalue weighted by molar-refractivity contribution is 0.0697. The SMILES string of the molecule is O=C(O)c1ccc2nc(NCCCn3ccnn3)oc2c1. The number of carboxylic acid groups (broad SMARTS) is 1. The van der Waals surface area contributed by atoms with E-state index < -0.39 is 5.97 Å². The third-order valence-corrected chi connectivity index (χ3v) is 2.95. The summed E-state index contributed by atoms with van der Waals surface area (Å²) in [6.07, 6.45) is 4.27. The number of hydrogen-bond acceptors (Lipinski definition) is 6. The average molecular weight is 287 g/mol. The van der Waals surface area contributed by atoms with Crippen molar-refractivity contribution < 1.29 is 14.3 Å². The van der Waals surface area contributed by atoms with Crippen molar-refractivity contribution in [2.24, 2.45) is 0 Å². The lowest BCUT2D eigenvalue weighted by Gasteiger charge is -2.01. The fourth-order valence-corrected chi connectivity index (χ4v) is 1.92. The van der Waals surface area contributed by atoms with Crippen LogP contribution in [0.1, 0.15) is 16.8 Å². The van der Waals surface area contributed by atoms with Crippen molar-refractivity contribution in [1.82, 2.24) is 20.0 Å². The van der Waals surface area contributed by atoms with E-state index in [0.29, 0.717) is 23.7 Å². The monoisotopic (exact) mass is 287 g/mol. The van der Waals surface area contributed by atoms with E-state index in [9.17, 15) is 4.79 Å². The van der Waals surface area contributed by atoms with Gasteiger partial charge in [-0.05, 0) is 24.6 Å². The molecular formula is C13H13N5O3. The van der Waals surface area contributed by atoms with Gasteiger partial charge in [-0.15, -0.1) is 5.10 Å². The predicted octanol–water partition coefficient (Wildman–Crippen LogP) is 1.62. The molecular weight excluding hydrogens is 274 g/mol. The maximum absolute atomic E-state index is 10.9. The summed E-state index contributed by atoms with van der Waals surface area (Å²) < 4.78 is 7.22. The van der Waals surface area contributed by atoms with E-state index in [2.05, 4.69) is 20.6 Å². The first-order valence-electron chi connectivity index (χ1n) is 6.44. The summed E-state index contributed by atoms with van der Waals surface area (Å²) in [5.74, 6) is -0.990. The molecule has 0 spiro atoms. The van der Waals surface area contributed by atoms with Gasteiger partial charge in [0.25, 0.3) is 6.01 Å². The van der Waals surface area contributed by atoms with Crippen LogP contribution in [0.15, 0.2) is 35.0 Å². The molecule has 8 heteroatoms. The van der Waals surface area contributed by atoms with Gasteiger partial charge in [-0.1, -0.05) is 5.21 Å². The Kier molecular flexibility index (Phi) is 3.50. The first-order chi connectivity index (χ1) is 10.2. The van der Waals surface area contributed by atoms with Gasteiger partial charge < -0.3 is 14.8 Å². The molecule has 108 valence electrons. The standard InChI is InChI=1S/C13H13N5O3/c19-12(20)9-2-3-10-11(8-9)21-13(16-10)14-4-1-6-18-7-5-15-17-18/h2-3,5,7-8H,1,4,6H2,(H,14,16)(H,19,20). The summed E-state index contributed by atoms with van der Waals surface area (Å²) in [6.45, 7) is 1.41. The Morgan fingerprint density at radius 2 is 2.33 bits per heavy atom. The van der Waals surface area contributed by atoms with Crippen LogP contribution < -0.4 is 5.32 Å². The third kappa shape index (κ3) is 2.99. The lowest BCUT2D eigenvalue weighted by Crippen LogP contribution is -2.07. The summed E-state index contributed by atoms with van der Waals surface area (Å²) in [5.41, 5.74) is 1.25. The Morgan fingerprint density at radius 1 is 1.43 bits per heavy atom. The summed E-state index contributed by atoms with van der Waals surface area (Å²) in [7, 11) is 0. The van der Waals surface area contributed by atoms with Crippen LogP contribution in [0.25, 0.3) is 11.1 Å². The van der Waals surface area contributed by atoms with E-state index in [1.807, 2.05) is 0 Å². The van der Waals surface area contributed by atoms with E-state index in [1.165, 1.54) is 12.1 Å². The van der Waals surface area contributed by atoms with Crippen LogP contribution in [0.3, 0.4) is 0 Å². The van der Waals surface area contributed by atoms with Crippen LogP contribution >= 0.6 is 0 Å². The molecule has 3 aromatic rings. The number of aryl methyl sites for hydroxylation is 1. The molecule has 2 heterocycles. The van der Waals surface area contributed by atoms with Gasteiger partial charge in [0.15, 0.2) is 5.58 Å². The lowest BCUT2D eigenvalue weighted by atomic mass is 10.2. The van der Waals surface area contributed by atoms with E-state index >= 15 is 0 Å². The number of rotatable bonds is 6. The Morgan fingerprint density at radius 3 is 3.10 bits per heavy atom. The molecule has 2 N–H and O–H groups in total. The average Bonchev–Trinajstić information content (AvgIpc) is 3.11. The number of nitrogens with zero attached hydrogens (tertiary/aromatic N) is 4. The topological polar surface area (TPSA) is 106 Å². The second-order valence-electron chi connectivity index (χ2n) is 4.45. The first-order valence-corrected chi connectivity index (χ1v) is 6.44. The third-order valence-electron chi connectivity index (χ3n) is 2.95. The molecule has 0 atom stereocenters. The van der Waals surface area contributed by atoms with Crippen LogP contribution in [0.2, 0.25) is 0 Å². The molecule has 3 rings (SSSR count). The van der Waals surface area contributed by atoms with Crippen molar-refractivity contribution in [3.05, 3.63) is 36.2 Å². The maximum Gasteiger partial charge on any atom is 0.335 e. The van der Waals surface area contributed by atoms with Crippen molar-refractivity contribution in [3.63, 3.8) is 0 Å². The summed E-state index contributed by atoms with van der Waals surface area (Å²) in [4.78, 5) is 15.1. The van der Waals surface area contributed by atoms with Crippen molar-refractivity contribution >= 4 is 23.1 Å². The number of aromatic nitrogens is 4. The largest absolute Gasteiger partial charge is 0.478 e. The van der Waals surface area contributed by atoms with Crippen LogP contribution in [0.4, 0.5) is 6.01 Å². The molecule has 0 amide bonds. The zero-order valence-corrected chi connectivity index (χ0v) is 11.1. The van der Waals surface area contributed by atoms with E-state index in [-0.39, 0.29) is 5.56 Å². The minimum absolute atomic E-state index is 0.177. The van der Waals surface area contributed by atoms with Crippen LogP contribution in [-0.4, -0.2) is 37.6 Å². The molecule has 0 bridgehead atoms. The number of oxazole rings is 1. The number of fused-ring (bicyclic) bond motifs is 1. The minimum atomic E-state index is -0.990. The number of aromatic carboxylic acids is 1. The molecule has 0 aliphatic heterocycles. The second-order valence-corrected chi connectivity index (χ2v) is 4.45. The zero-order valence-electron chi connectivity index (χ0n) is 11.1. The van der Waals surface area contributed by atoms with Crippen molar-refractivity contribution in [2.45, 2.75) is 13.0 Å². The zero-order chi connectivity index (χ0) is 14.7. The van der Waals surface area contributed by atoms with E-state index in [4.69, 9.17) is 9.52 Å². The molecule has 0 unspecified atom stereocenters. The van der Waals surface area contributed by atoms with Gasteiger partial charge in [0, 0.05) is 19.3 Å². The van der Waals surface area contributed by atoms with Crippen LogP contribution in [0.5, 0.6) is 0 Å². The highest BCUT2D eigenvalue weighted by molar-refractivity contribution is 5.92. The van der Waals surface area contributed by atoms with Crippen LogP contribution in [0, 0.1) is 0 Å². The van der Waals surface area contributed by atoms with Crippen LogP contribution in [-0.2, 0) is 6.54 Å². The van der Waals surface area contributed by atoms with E-state index in [0.717, 1.165) is 13.0 Å². The molecule has 0 aliphatic carbocycles. The highest BCUT2D eigenvalue weighted by atomic mass is 16.4. The number of hydrogen-bond donors (Lipinski definition) is 2. The minimum Gasteiger partial charge on any atom is -0.478 e. The van der Waals surface area contributed by atoms with Crippen molar-refractivity contribution in [3.8, 4) is 0 Å². The van der Waals surface area contributed by atoms with E-state index in [1.54, 1.807) is 23.1 Å². The molecule has 0 aliphatic rings. The Labute approximate surface area is 119 Å². The van der Waals surface area contributed by atoms with Gasteiger partial charge in [0.2, 0.25) is 0 Å². The van der Waals surface area contributed by atoms with Crippen molar-refractivity contribution in [1.29, 1.82) is 0 Å². The molecule has 0 fully saturated rings. The number of anilines is 1. The molecule has 8 nitrogen and oxygen atoms in total. The smallest absolute Gasteiger partial charge is 0.335 e. The fourth-order valence-electron chi connectivity index (χ4n) is 1.92. The molecule has 0 radical (unpaired) electrons. The fraction of sp³-hybridized carbons (Fsp3) is 0.231. The highest BCUT2D eigenvalue weighted by Gasteiger charge is 2.09. The summed E-state index contributed by atoms with van der Waals surface area (Å²) in [5, 5.41) is 19.6. The summed E-state index contributed by atoms with van der Waals surface area (Å²) >= 11 is 0. The van der Waals surface area contributed by atoms with Gasteiger partial charge in [0.1, 0.15) is 5.52 Å². The number of nitrogens with one attached hydrogen (secondary N) is 1. The van der Waals surface area contributed by atoms with Gasteiger partial charge in [-0.3, -0.25) is 4.68 Å². The predicted molar refractivity (Wildman–Crippen MR) is 74.1 cm³/mol. The molecule has 2 aromatic heterocycles. The van der Waals surface area contributed by atoms with Gasteiger partial charge in [-0.25, -0.2) is 4.79 Å². The number of benzene rings is 1. The van der Waals surface area contributed by atoms with Gasteiger partial charge in [-0.2, -0.15) is 4.98 Å². The quantitative estimate of drug-likeness (QED) is 0.663. The second kappa shape index (κ2) is 5.61. The maximum atomic E-state index is 10.9. The first kappa shape index (κ1) is 13.1. The molecule has 0 saturated carbocycles. The van der Waals surface area contributed by atoms with Gasteiger partial charge >= 0.3 is 5.97 Å². The normalized spacial score (nSPS) is 10.9. The molecule has 21 heavy (non-hydrogen) atoms. The number of carbonyl (C=O) groups is 1. The molecule has 0 saturated heterocycles. The summed E-state index contributed by atoms with van der Waals surface area (Å²) in [6, 6.07) is 4.97.